The van der Waals surface area contributed by atoms with Gasteiger partial charge in [0, 0.05) is 60.4 Å². The molecule has 11 aromatic rings. The van der Waals surface area contributed by atoms with E-state index in [-0.39, 0.29) is 28.4 Å². The zero-order valence-electron chi connectivity index (χ0n) is 43.7. The van der Waals surface area contributed by atoms with Gasteiger partial charge in [-0.15, -0.1) is 11.3 Å². The standard InChI is InChI=1S/C66H62BN3OS/c1-63(2,3)39-24-28-43(29-25-39)68(44-30-26-40(27-31-44)64(4,5)6)45-32-33-49-52(38-45)69(51-20-17-22-56-59(51)46-18-13-15-21-55(46)71-56)53-36-42(66(10,11)12)37-54-60(53)67(49)50-35-41(65(7,8)9)34-48-58-47-19-14-16-23-57(47)72-62(58)70(54)61(48)50/h13-38H,1-12H3. The Morgan fingerprint density at radius 3 is 1.65 bits per heavy atom. The van der Waals surface area contributed by atoms with Crippen molar-refractivity contribution in [3.63, 3.8) is 0 Å². The van der Waals surface area contributed by atoms with Crippen molar-refractivity contribution in [3.8, 4) is 5.69 Å². The lowest BCUT2D eigenvalue weighted by Gasteiger charge is -2.42. The first-order valence-corrected chi connectivity index (χ1v) is 26.6. The molecular weight excluding hydrogens is 894 g/mol. The molecule has 72 heavy (non-hydrogen) atoms. The lowest BCUT2D eigenvalue weighted by atomic mass is 9.33. The summed E-state index contributed by atoms with van der Waals surface area (Å²) in [5, 5.41) is 6.27. The number of nitrogens with zero attached hydrogens (tertiary/aromatic N) is 3. The van der Waals surface area contributed by atoms with E-state index in [4.69, 9.17) is 4.42 Å². The Hall–Kier alpha value is -7.02. The van der Waals surface area contributed by atoms with Crippen LogP contribution in [0.4, 0.5) is 34.1 Å². The second kappa shape index (κ2) is 15.3. The first-order chi connectivity index (χ1) is 34.2. The molecule has 2 aliphatic rings. The van der Waals surface area contributed by atoms with E-state index in [0.717, 1.165) is 44.7 Å². The summed E-state index contributed by atoms with van der Waals surface area (Å²) < 4.78 is 10.7. The predicted molar refractivity (Wildman–Crippen MR) is 312 cm³/mol. The molecule has 13 rings (SSSR count). The largest absolute Gasteiger partial charge is 0.456 e. The summed E-state index contributed by atoms with van der Waals surface area (Å²) in [5.41, 5.74) is 20.3. The molecule has 5 heterocycles. The molecular formula is C66H62BN3OS. The quantitative estimate of drug-likeness (QED) is 0.164. The number of hydrogen-bond donors (Lipinski definition) is 0. The Kier molecular flexibility index (Phi) is 9.51. The third-order valence-electron chi connectivity index (χ3n) is 15.8. The fourth-order valence-corrected chi connectivity index (χ4v) is 13.1. The van der Waals surface area contributed by atoms with Gasteiger partial charge in [0.25, 0.3) is 6.71 Å². The number of furan rings is 1. The Bertz CT molecular complexity index is 3970. The van der Waals surface area contributed by atoms with E-state index in [1.54, 1.807) is 0 Å². The van der Waals surface area contributed by atoms with Gasteiger partial charge in [0.2, 0.25) is 0 Å². The van der Waals surface area contributed by atoms with Crippen LogP contribution in [0.5, 0.6) is 0 Å². The monoisotopic (exact) mass is 955 g/mol. The van der Waals surface area contributed by atoms with Gasteiger partial charge in [-0.05, 0) is 139 Å². The maximum atomic E-state index is 6.72. The highest BCUT2D eigenvalue weighted by atomic mass is 32.1. The number of hydrogen-bond acceptors (Lipinski definition) is 4. The Labute approximate surface area is 428 Å². The first-order valence-electron chi connectivity index (χ1n) is 25.8. The van der Waals surface area contributed by atoms with E-state index in [2.05, 4.69) is 255 Å². The summed E-state index contributed by atoms with van der Waals surface area (Å²) >= 11 is 1.93. The Morgan fingerprint density at radius 2 is 1.00 bits per heavy atom. The fourth-order valence-electron chi connectivity index (χ4n) is 11.8. The van der Waals surface area contributed by atoms with E-state index in [1.165, 1.54) is 86.9 Å². The molecule has 0 amide bonds. The molecule has 6 heteroatoms. The zero-order chi connectivity index (χ0) is 50.0. The van der Waals surface area contributed by atoms with Crippen LogP contribution in [0.25, 0.3) is 58.8 Å². The van der Waals surface area contributed by atoms with Crippen molar-refractivity contribution < 1.29 is 4.42 Å². The molecule has 0 bridgehead atoms. The van der Waals surface area contributed by atoms with Crippen LogP contribution in [0.3, 0.4) is 0 Å². The molecule has 0 spiro atoms. The zero-order valence-corrected chi connectivity index (χ0v) is 44.6. The maximum Gasteiger partial charge on any atom is 0.252 e. The molecule has 0 fully saturated rings. The minimum atomic E-state index is -0.152. The summed E-state index contributed by atoms with van der Waals surface area (Å²) in [6, 6.07) is 60.2. The normalized spacial score (nSPS) is 13.8. The number of benzene rings is 8. The van der Waals surface area contributed by atoms with Gasteiger partial charge in [-0.1, -0.05) is 162 Å². The summed E-state index contributed by atoms with van der Waals surface area (Å²) in [6.07, 6.45) is 0. The number of fused-ring (bicyclic) bond motifs is 12. The van der Waals surface area contributed by atoms with Crippen LogP contribution in [0.15, 0.2) is 162 Å². The highest BCUT2D eigenvalue weighted by Crippen LogP contribution is 2.50. The van der Waals surface area contributed by atoms with Crippen molar-refractivity contribution >= 4 is 122 Å². The Morgan fingerprint density at radius 1 is 0.431 bits per heavy atom. The van der Waals surface area contributed by atoms with Crippen LogP contribution in [0.2, 0.25) is 0 Å². The van der Waals surface area contributed by atoms with E-state index < -0.39 is 0 Å². The predicted octanol–water partition coefficient (Wildman–Crippen LogP) is 17.2. The topological polar surface area (TPSA) is 24.6 Å². The van der Waals surface area contributed by atoms with Gasteiger partial charge in [-0.25, -0.2) is 0 Å². The molecule has 0 aliphatic carbocycles. The second-order valence-corrected chi connectivity index (χ2v) is 25.7. The van der Waals surface area contributed by atoms with E-state index in [0.29, 0.717) is 0 Å². The molecule has 356 valence electrons. The molecule has 0 N–H and O–H groups in total. The van der Waals surface area contributed by atoms with E-state index in [1.807, 2.05) is 11.3 Å². The van der Waals surface area contributed by atoms with Gasteiger partial charge in [-0.2, -0.15) is 0 Å². The van der Waals surface area contributed by atoms with Gasteiger partial charge < -0.3 is 18.8 Å². The molecule has 0 saturated carbocycles. The first kappa shape index (κ1) is 44.9. The summed E-state index contributed by atoms with van der Waals surface area (Å²) in [6.45, 7) is 27.9. The average Bonchev–Trinajstić information content (AvgIpc) is 4.01. The van der Waals surface area contributed by atoms with Gasteiger partial charge >= 0.3 is 0 Å². The van der Waals surface area contributed by atoms with Gasteiger partial charge in [0.05, 0.1) is 16.6 Å². The van der Waals surface area contributed by atoms with E-state index >= 15 is 0 Å². The van der Waals surface area contributed by atoms with E-state index in [9.17, 15) is 0 Å². The van der Waals surface area contributed by atoms with Crippen molar-refractivity contribution in [2.45, 2.75) is 105 Å². The van der Waals surface area contributed by atoms with Crippen LogP contribution in [-0.4, -0.2) is 11.3 Å². The summed E-state index contributed by atoms with van der Waals surface area (Å²) in [7, 11) is 0. The highest BCUT2D eigenvalue weighted by molar-refractivity contribution is 7.26. The highest BCUT2D eigenvalue weighted by Gasteiger charge is 2.45. The van der Waals surface area contributed by atoms with Crippen LogP contribution >= 0.6 is 11.3 Å². The smallest absolute Gasteiger partial charge is 0.252 e. The summed E-state index contributed by atoms with van der Waals surface area (Å²) in [4.78, 5) is 6.38. The van der Waals surface area contributed by atoms with Crippen LogP contribution < -0.4 is 26.2 Å². The lowest BCUT2D eigenvalue weighted by molar-refractivity contribution is 0.590. The number of aromatic nitrogens is 1. The molecule has 8 aromatic carbocycles. The third kappa shape index (κ3) is 6.70. The lowest BCUT2D eigenvalue weighted by Crippen LogP contribution is -2.60. The van der Waals surface area contributed by atoms with Crippen molar-refractivity contribution in [2.24, 2.45) is 0 Å². The molecule has 4 nitrogen and oxygen atoms in total. The molecule has 0 unspecified atom stereocenters. The van der Waals surface area contributed by atoms with Crippen LogP contribution in [-0.2, 0) is 21.7 Å². The van der Waals surface area contributed by atoms with Gasteiger partial charge in [0.1, 0.15) is 16.0 Å². The van der Waals surface area contributed by atoms with Gasteiger partial charge in [-0.3, -0.25) is 0 Å². The molecule has 0 saturated heterocycles. The van der Waals surface area contributed by atoms with Crippen molar-refractivity contribution in [3.05, 3.63) is 180 Å². The number of para-hydroxylation sites is 1. The van der Waals surface area contributed by atoms with Crippen molar-refractivity contribution in [2.75, 3.05) is 9.80 Å². The molecule has 0 atom stereocenters. The van der Waals surface area contributed by atoms with Crippen LogP contribution in [0, 0.1) is 0 Å². The molecule has 2 aliphatic heterocycles. The van der Waals surface area contributed by atoms with Gasteiger partial charge in [0.15, 0.2) is 0 Å². The minimum Gasteiger partial charge on any atom is -0.456 e. The second-order valence-electron chi connectivity index (χ2n) is 24.7. The van der Waals surface area contributed by atoms with Crippen LogP contribution in [0.1, 0.15) is 105 Å². The number of rotatable bonds is 4. The average molecular weight is 956 g/mol. The number of thiophene rings is 1. The maximum absolute atomic E-state index is 6.72. The summed E-state index contributed by atoms with van der Waals surface area (Å²) in [5.74, 6) is 0. The molecule has 0 radical (unpaired) electrons. The fraction of sp³-hybridized carbons (Fsp3) is 0.242. The van der Waals surface area contributed by atoms with Crippen molar-refractivity contribution in [1.29, 1.82) is 0 Å². The number of anilines is 6. The third-order valence-corrected chi connectivity index (χ3v) is 16.9. The Balaban J connectivity index is 1.17. The molecule has 3 aromatic heterocycles. The van der Waals surface area contributed by atoms with Crippen molar-refractivity contribution in [1.82, 2.24) is 4.57 Å². The minimum absolute atomic E-state index is 0.0260. The SMILES string of the molecule is CC(C)(C)c1ccc(N(c2ccc(C(C)(C)C)cc2)c2ccc3c(c2)N(c2cccc4oc5ccccc5c24)c2cc(C(C)(C)C)cc4c2B3c2cc(C(C)(C)C)cc3c5c6ccccc6sc5n-4c23)cc1.